The van der Waals surface area contributed by atoms with Gasteiger partial charge in [-0.1, -0.05) is 0 Å². The molecule has 0 unspecified atom stereocenters. The summed E-state index contributed by atoms with van der Waals surface area (Å²) in [6.07, 6.45) is 1.68. The van der Waals surface area contributed by atoms with Gasteiger partial charge in [0.1, 0.15) is 17.4 Å². The fraction of sp³-hybridized carbons (Fsp3) is 0.143. The highest BCUT2D eigenvalue weighted by Crippen LogP contribution is 2.26. The summed E-state index contributed by atoms with van der Waals surface area (Å²) in [6.45, 7) is 0. The first-order valence-corrected chi connectivity index (χ1v) is 5.80. The molecule has 3 N–H and O–H groups in total. The Morgan fingerprint density at radius 2 is 1.95 bits per heavy atom. The van der Waals surface area contributed by atoms with Gasteiger partial charge in [-0.2, -0.15) is 0 Å². The molecule has 0 spiro atoms. The van der Waals surface area contributed by atoms with Crippen LogP contribution in [0.15, 0.2) is 42.6 Å². The first-order chi connectivity index (χ1) is 9.13. The first-order valence-electron chi connectivity index (χ1n) is 5.80. The molecule has 0 aliphatic heterocycles. The lowest BCUT2D eigenvalue weighted by Crippen LogP contribution is -2.19. The molecule has 1 aromatic heterocycles. The molecule has 1 heterocycles. The van der Waals surface area contributed by atoms with Gasteiger partial charge in [0.2, 0.25) is 0 Å². The maximum atomic E-state index is 7.59. The third kappa shape index (κ3) is 2.65. The molecule has 1 aromatic carbocycles. The predicted molar refractivity (Wildman–Crippen MR) is 76.3 cm³/mol. The Morgan fingerprint density at radius 3 is 2.53 bits per heavy atom. The van der Waals surface area contributed by atoms with E-state index in [0.29, 0.717) is 11.4 Å². The van der Waals surface area contributed by atoms with Crippen LogP contribution in [0.5, 0.6) is 5.75 Å². The summed E-state index contributed by atoms with van der Waals surface area (Å²) < 4.78 is 5.13. The van der Waals surface area contributed by atoms with Crippen molar-refractivity contribution < 1.29 is 4.74 Å². The molecule has 5 nitrogen and oxygen atoms in total. The SMILES string of the molecule is COc1ccc(N(C)c2ncccc2C(=N)N)cc1. The number of pyridine rings is 1. The minimum atomic E-state index is 0.00321. The van der Waals surface area contributed by atoms with E-state index in [9.17, 15) is 0 Å². The van der Waals surface area contributed by atoms with Gasteiger partial charge in [0.15, 0.2) is 0 Å². The van der Waals surface area contributed by atoms with Crippen LogP contribution in [-0.4, -0.2) is 25.0 Å². The molecular formula is C14H16N4O. The van der Waals surface area contributed by atoms with Crippen molar-refractivity contribution in [1.82, 2.24) is 4.98 Å². The second-order valence-corrected chi connectivity index (χ2v) is 4.05. The number of nitrogen functional groups attached to an aromatic ring is 1. The maximum absolute atomic E-state index is 7.59. The van der Waals surface area contributed by atoms with Gasteiger partial charge in [-0.15, -0.1) is 0 Å². The molecule has 98 valence electrons. The lowest BCUT2D eigenvalue weighted by molar-refractivity contribution is 0.415. The lowest BCUT2D eigenvalue weighted by Gasteiger charge is -2.21. The maximum Gasteiger partial charge on any atom is 0.143 e. The van der Waals surface area contributed by atoms with E-state index in [0.717, 1.165) is 11.4 Å². The van der Waals surface area contributed by atoms with Crippen molar-refractivity contribution in [2.24, 2.45) is 5.73 Å². The number of hydrogen-bond acceptors (Lipinski definition) is 4. The summed E-state index contributed by atoms with van der Waals surface area (Å²) >= 11 is 0. The van der Waals surface area contributed by atoms with Crippen molar-refractivity contribution in [3.8, 4) is 5.75 Å². The Morgan fingerprint density at radius 1 is 1.26 bits per heavy atom. The van der Waals surface area contributed by atoms with E-state index in [1.165, 1.54) is 0 Å². The molecular weight excluding hydrogens is 240 g/mol. The molecule has 0 fully saturated rings. The van der Waals surface area contributed by atoms with E-state index < -0.39 is 0 Å². The highest BCUT2D eigenvalue weighted by atomic mass is 16.5. The molecule has 0 radical (unpaired) electrons. The number of nitrogens with two attached hydrogens (primary N) is 1. The number of hydrogen-bond donors (Lipinski definition) is 2. The molecule has 0 saturated carbocycles. The molecule has 0 atom stereocenters. The van der Waals surface area contributed by atoms with Crippen LogP contribution < -0.4 is 15.4 Å². The summed E-state index contributed by atoms with van der Waals surface area (Å²) in [5.74, 6) is 1.45. The van der Waals surface area contributed by atoms with Crippen LogP contribution in [0.3, 0.4) is 0 Å². The van der Waals surface area contributed by atoms with Gasteiger partial charge in [0.05, 0.1) is 12.7 Å². The Balaban J connectivity index is 2.37. The molecule has 0 aliphatic carbocycles. The van der Waals surface area contributed by atoms with Gasteiger partial charge >= 0.3 is 0 Å². The van der Waals surface area contributed by atoms with Gasteiger partial charge < -0.3 is 15.4 Å². The standard InChI is InChI=1S/C14H16N4O/c1-18(10-5-7-11(19-2)8-6-10)14-12(13(15)16)4-3-9-17-14/h3-9H,1-2H3,(H3,15,16). The number of aromatic nitrogens is 1. The third-order valence-corrected chi connectivity index (χ3v) is 2.85. The zero-order valence-electron chi connectivity index (χ0n) is 10.9. The minimum absolute atomic E-state index is 0.00321. The molecule has 0 saturated heterocycles. The monoisotopic (exact) mass is 256 g/mol. The summed E-state index contributed by atoms with van der Waals surface area (Å²) in [5.41, 5.74) is 7.13. The van der Waals surface area contributed by atoms with E-state index in [1.807, 2.05) is 36.2 Å². The predicted octanol–water partition coefficient (Wildman–Crippen LogP) is 2.14. The van der Waals surface area contributed by atoms with E-state index >= 15 is 0 Å². The van der Waals surface area contributed by atoms with Gasteiger partial charge in [0, 0.05) is 18.9 Å². The van der Waals surface area contributed by atoms with Crippen molar-refractivity contribution in [2.75, 3.05) is 19.1 Å². The van der Waals surface area contributed by atoms with Crippen LogP contribution in [-0.2, 0) is 0 Å². The average molecular weight is 256 g/mol. The number of benzene rings is 1. The Hall–Kier alpha value is -2.56. The summed E-state index contributed by atoms with van der Waals surface area (Å²) in [5, 5.41) is 7.59. The summed E-state index contributed by atoms with van der Waals surface area (Å²) in [4.78, 5) is 6.18. The molecule has 2 rings (SSSR count). The number of ether oxygens (including phenoxy) is 1. The van der Waals surface area contributed by atoms with E-state index in [2.05, 4.69) is 4.98 Å². The number of amidine groups is 1. The number of methoxy groups -OCH3 is 1. The highest BCUT2D eigenvalue weighted by molar-refractivity contribution is 6.00. The zero-order valence-corrected chi connectivity index (χ0v) is 10.9. The lowest BCUT2D eigenvalue weighted by atomic mass is 10.2. The van der Waals surface area contributed by atoms with Crippen LogP contribution in [0, 0.1) is 5.41 Å². The minimum Gasteiger partial charge on any atom is -0.497 e. The van der Waals surface area contributed by atoms with Crippen LogP contribution in [0.2, 0.25) is 0 Å². The fourth-order valence-electron chi connectivity index (χ4n) is 1.80. The van der Waals surface area contributed by atoms with Crippen molar-refractivity contribution in [3.05, 3.63) is 48.2 Å². The Bertz CT molecular complexity index is 580. The van der Waals surface area contributed by atoms with Crippen molar-refractivity contribution in [2.45, 2.75) is 0 Å². The molecule has 0 amide bonds. The average Bonchev–Trinajstić information content (AvgIpc) is 2.46. The molecule has 2 aromatic rings. The Labute approximate surface area is 112 Å². The van der Waals surface area contributed by atoms with E-state index in [-0.39, 0.29) is 5.84 Å². The van der Waals surface area contributed by atoms with Crippen LogP contribution in [0.1, 0.15) is 5.56 Å². The third-order valence-electron chi connectivity index (χ3n) is 2.85. The van der Waals surface area contributed by atoms with Crippen LogP contribution >= 0.6 is 0 Å². The number of rotatable bonds is 4. The van der Waals surface area contributed by atoms with E-state index in [1.54, 1.807) is 25.4 Å². The molecule has 19 heavy (non-hydrogen) atoms. The van der Waals surface area contributed by atoms with Gasteiger partial charge in [-0.3, -0.25) is 5.41 Å². The first kappa shape index (κ1) is 12.9. The summed E-state index contributed by atoms with van der Waals surface area (Å²) in [7, 11) is 3.52. The van der Waals surface area contributed by atoms with Gasteiger partial charge in [-0.25, -0.2) is 4.98 Å². The zero-order chi connectivity index (χ0) is 13.8. The van der Waals surface area contributed by atoms with Crippen molar-refractivity contribution in [1.29, 1.82) is 5.41 Å². The molecule has 5 heteroatoms. The normalized spacial score (nSPS) is 10.0. The number of anilines is 2. The largest absolute Gasteiger partial charge is 0.497 e. The second kappa shape index (κ2) is 5.39. The summed E-state index contributed by atoms with van der Waals surface area (Å²) in [6, 6.07) is 11.2. The van der Waals surface area contributed by atoms with Crippen LogP contribution in [0.4, 0.5) is 11.5 Å². The van der Waals surface area contributed by atoms with Crippen molar-refractivity contribution >= 4 is 17.3 Å². The smallest absolute Gasteiger partial charge is 0.143 e. The second-order valence-electron chi connectivity index (χ2n) is 4.05. The molecule has 0 bridgehead atoms. The highest BCUT2D eigenvalue weighted by Gasteiger charge is 2.12. The molecule has 0 aliphatic rings. The van der Waals surface area contributed by atoms with Gasteiger partial charge in [0.25, 0.3) is 0 Å². The van der Waals surface area contributed by atoms with Gasteiger partial charge in [-0.05, 0) is 36.4 Å². The van der Waals surface area contributed by atoms with Crippen LogP contribution in [0.25, 0.3) is 0 Å². The quantitative estimate of drug-likeness (QED) is 0.649. The van der Waals surface area contributed by atoms with Crippen molar-refractivity contribution in [3.63, 3.8) is 0 Å². The Kier molecular flexibility index (Phi) is 3.66. The fourth-order valence-corrected chi connectivity index (χ4v) is 1.80. The number of nitrogens with one attached hydrogen (secondary N) is 1. The topological polar surface area (TPSA) is 75.2 Å². The number of nitrogens with zero attached hydrogens (tertiary/aromatic N) is 2. The van der Waals surface area contributed by atoms with E-state index in [4.69, 9.17) is 15.9 Å².